The summed E-state index contributed by atoms with van der Waals surface area (Å²) in [6.07, 6.45) is 4.43. The van der Waals surface area contributed by atoms with Crippen LogP contribution in [0.15, 0.2) is 30.9 Å². The molecular weight excluding hydrogens is 322 g/mol. The maximum atomic E-state index is 13.1. The normalized spacial score (nSPS) is 22.8. The first kappa shape index (κ1) is 15.6. The van der Waals surface area contributed by atoms with Crippen LogP contribution in [-0.4, -0.2) is 50.7 Å². The summed E-state index contributed by atoms with van der Waals surface area (Å²) in [4.78, 5) is 30.6. The number of fused-ring (bicyclic) bond motifs is 1. The second kappa shape index (κ2) is 6.19. The third-order valence-electron chi connectivity index (χ3n) is 4.66. The van der Waals surface area contributed by atoms with Crippen LogP contribution in [0.1, 0.15) is 36.2 Å². The van der Waals surface area contributed by atoms with E-state index in [9.17, 15) is 9.59 Å². The van der Waals surface area contributed by atoms with Crippen LogP contribution in [0.3, 0.4) is 0 Å². The zero-order valence-electron chi connectivity index (χ0n) is 13.9. The Balaban J connectivity index is 1.59. The van der Waals surface area contributed by atoms with Crippen LogP contribution in [0.25, 0.3) is 0 Å². The van der Waals surface area contributed by atoms with Gasteiger partial charge in [0.15, 0.2) is 11.9 Å². The third-order valence-corrected chi connectivity index (χ3v) is 4.66. The Morgan fingerprint density at radius 2 is 2.28 bits per heavy atom. The van der Waals surface area contributed by atoms with Crippen molar-refractivity contribution in [2.24, 2.45) is 0 Å². The van der Waals surface area contributed by atoms with Crippen LogP contribution < -0.4 is 10.1 Å². The van der Waals surface area contributed by atoms with Crippen molar-refractivity contribution in [2.45, 2.75) is 31.9 Å². The summed E-state index contributed by atoms with van der Waals surface area (Å²) in [5.74, 6) is 0.147. The van der Waals surface area contributed by atoms with Crippen molar-refractivity contribution < 1.29 is 14.3 Å². The molecule has 8 nitrogen and oxygen atoms in total. The van der Waals surface area contributed by atoms with Gasteiger partial charge >= 0.3 is 0 Å². The molecule has 2 amide bonds. The number of amides is 2. The molecule has 0 radical (unpaired) electrons. The van der Waals surface area contributed by atoms with Gasteiger partial charge in [0.1, 0.15) is 12.7 Å². The van der Waals surface area contributed by atoms with Gasteiger partial charge in [0.25, 0.3) is 11.8 Å². The highest BCUT2D eigenvalue weighted by molar-refractivity contribution is 6.04. The van der Waals surface area contributed by atoms with Crippen LogP contribution in [0.4, 0.5) is 5.69 Å². The van der Waals surface area contributed by atoms with E-state index in [0.717, 1.165) is 12.8 Å². The fraction of sp³-hybridized carbons (Fsp3) is 0.412. The minimum Gasteiger partial charge on any atom is -0.478 e. The molecular formula is C17H19N5O3. The molecule has 1 saturated heterocycles. The van der Waals surface area contributed by atoms with Crippen molar-refractivity contribution in [1.29, 1.82) is 0 Å². The van der Waals surface area contributed by atoms with E-state index in [-0.39, 0.29) is 17.9 Å². The second-order valence-electron chi connectivity index (χ2n) is 6.35. The van der Waals surface area contributed by atoms with E-state index in [4.69, 9.17) is 4.74 Å². The molecule has 2 unspecified atom stereocenters. The van der Waals surface area contributed by atoms with Crippen LogP contribution in [0, 0.1) is 0 Å². The predicted octanol–water partition coefficient (Wildman–Crippen LogP) is 1.47. The highest BCUT2D eigenvalue weighted by Gasteiger charge is 2.31. The van der Waals surface area contributed by atoms with Crippen molar-refractivity contribution in [3.05, 3.63) is 36.4 Å². The number of carbonyl (C=O) groups is 2. The van der Waals surface area contributed by atoms with Crippen molar-refractivity contribution in [1.82, 2.24) is 19.7 Å². The topological polar surface area (TPSA) is 89.3 Å². The number of hydrogen-bond acceptors (Lipinski definition) is 5. The van der Waals surface area contributed by atoms with Crippen LogP contribution >= 0.6 is 0 Å². The molecule has 0 saturated carbocycles. The molecule has 0 bridgehead atoms. The van der Waals surface area contributed by atoms with E-state index in [1.165, 1.54) is 6.33 Å². The molecule has 1 N–H and O–H groups in total. The van der Waals surface area contributed by atoms with Gasteiger partial charge in [0.05, 0.1) is 17.3 Å². The molecule has 0 aliphatic carbocycles. The summed E-state index contributed by atoms with van der Waals surface area (Å²) in [7, 11) is 0. The standard InChI is InChI=1S/C17H19N5O3/c1-11-16(23)20-14-6-2-5-13(15(14)25-11)17(24)21-7-3-4-12(8-21)22-10-18-9-19-22/h2,5-6,9-12H,3-4,7-8H2,1H3,(H,20,23). The first-order valence-corrected chi connectivity index (χ1v) is 8.37. The van der Waals surface area contributed by atoms with Crippen molar-refractivity contribution in [2.75, 3.05) is 18.4 Å². The number of nitrogens with one attached hydrogen (secondary N) is 1. The number of nitrogens with zero attached hydrogens (tertiary/aromatic N) is 4. The Morgan fingerprint density at radius 3 is 3.08 bits per heavy atom. The lowest BCUT2D eigenvalue weighted by Crippen LogP contribution is -2.42. The molecule has 2 aromatic rings. The zero-order valence-corrected chi connectivity index (χ0v) is 13.9. The number of para-hydroxylation sites is 1. The van der Waals surface area contributed by atoms with Crippen molar-refractivity contribution >= 4 is 17.5 Å². The largest absolute Gasteiger partial charge is 0.478 e. The van der Waals surface area contributed by atoms with Gasteiger partial charge in [-0.3, -0.25) is 9.59 Å². The number of likely N-dealkylation sites (tertiary alicyclic amines) is 1. The maximum absolute atomic E-state index is 13.1. The minimum atomic E-state index is -0.620. The van der Waals surface area contributed by atoms with Gasteiger partial charge in [0.2, 0.25) is 0 Å². The molecule has 2 aliphatic heterocycles. The van der Waals surface area contributed by atoms with Crippen molar-refractivity contribution in [3.8, 4) is 5.75 Å². The van der Waals surface area contributed by atoms with Gasteiger partial charge in [-0.2, -0.15) is 5.10 Å². The van der Waals surface area contributed by atoms with Gasteiger partial charge in [0, 0.05) is 13.1 Å². The third kappa shape index (κ3) is 2.84. The molecule has 25 heavy (non-hydrogen) atoms. The summed E-state index contributed by atoms with van der Waals surface area (Å²) in [5.41, 5.74) is 1.02. The quantitative estimate of drug-likeness (QED) is 0.893. The zero-order chi connectivity index (χ0) is 17.4. The number of aromatic nitrogens is 3. The second-order valence-corrected chi connectivity index (χ2v) is 6.35. The van der Waals surface area contributed by atoms with Gasteiger partial charge in [-0.25, -0.2) is 9.67 Å². The van der Waals surface area contributed by atoms with Crippen molar-refractivity contribution in [3.63, 3.8) is 0 Å². The summed E-state index contributed by atoms with van der Waals surface area (Å²) >= 11 is 0. The number of piperidine rings is 1. The molecule has 1 aromatic heterocycles. The Kier molecular flexibility index (Phi) is 3.87. The molecule has 2 atom stereocenters. The minimum absolute atomic E-state index is 0.0926. The smallest absolute Gasteiger partial charge is 0.265 e. The number of carbonyl (C=O) groups excluding carboxylic acids is 2. The average Bonchev–Trinajstić information content (AvgIpc) is 3.16. The van der Waals surface area contributed by atoms with E-state index in [1.807, 2.05) is 4.90 Å². The van der Waals surface area contributed by atoms with E-state index < -0.39 is 6.10 Å². The molecule has 1 aromatic carbocycles. The van der Waals surface area contributed by atoms with Crippen LogP contribution in [0.2, 0.25) is 0 Å². The summed E-state index contributed by atoms with van der Waals surface area (Å²) in [6, 6.07) is 5.36. The van der Waals surface area contributed by atoms with E-state index in [0.29, 0.717) is 30.1 Å². The number of benzene rings is 1. The van der Waals surface area contributed by atoms with E-state index >= 15 is 0 Å². The summed E-state index contributed by atoms with van der Waals surface area (Å²) in [5, 5.41) is 6.97. The highest BCUT2D eigenvalue weighted by atomic mass is 16.5. The van der Waals surface area contributed by atoms with E-state index in [1.54, 1.807) is 36.1 Å². The van der Waals surface area contributed by atoms with Gasteiger partial charge in [-0.05, 0) is 31.9 Å². The van der Waals surface area contributed by atoms with Crippen LogP contribution in [-0.2, 0) is 4.79 Å². The molecule has 4 rings (SSSR count). The first-order valence-electron chi connectivity index (χ1n) is 8.37. The first-order chi connectivity index (χ1) is 12.1. The maximum Gasteiger partial charge on any atom is 0.265 e. The monoisotopic (exact) mass is 341 g/mol. The summed E-state index contributed by atoms with van der Waals surface area (Å²) in [6.45, 7) is 2.94. The fourth-order valence-corrected chi connectivity index (χ4v) is 3.33. The van der Waals surface area contributed by atoms with Gasteiger partial charge in [-0.1, -0.05) is 6.07 Å². The van der Waals surface area contributed by atoms with Crippen LogP contribution in [0.5, 0.6) is 5.75 Å². The lowest BCUT2D eigenvalue weighted by Gasteiger charge is -2.33. The Morgan fingerprint density at radius 1 is 1.40 bits per heavy atom. The Hall–Kier alpha value is -2.90. The number of hydrogen-bond donors (Lipinski definition) is 1. The Labute approximate surface area is 144 Å². The molecule has 3 heterocycles. The lowest BCUT2D eigenvalue weighted by atomic mass is 10.0. The molecule has 130 valence electrons. The molecule has 2 aliphatic rings. The number of rotatable bonds is 2. The SMILES string of the molecule is CC1Oc2c(cccc2C(=O)N2CCCC(n3cncn3)C2)NC1=O. The van der Waals surface area contributed by atoms with Gasteiger partial charge in [-0.15, -0.1) is 0 Å². The van der Waals surface area contributed by atoms with E-state index in [2.05, 4.69) is 15.4 Å². The fourth-order valence-electron chi connectivity index (χ4n) is 3.33. The average molecular weight is 341 g/mol. The molecule has 1 fully saturated rings. The molecule has 8 heteroatoms. The highest BCUT2D eigenvalue weighted by Crippen LogP contribution is 2.34. The lowest BCUT2D eigenvalue weighted by molar-refractivity contribution is -0.122. The predicted molar refractivity (Wildman–Crippen MR) is 89.4 cm³/mol. The summed E-state index contributed by atoms with van der Waals surface area (Å²) < 4.78 is 7.50. The number of ether oxygens (including phenoxy) is 1. The van der Waals surface area contributed by atoms with Gasteiger partial charge < -0.3 is 15.0 Å². The number of anilines is 1. The Bertz CT molecular complexity index is 805. The molecule has 0 spiro atoms.